The third kappa shape index (κ3) is 1.94. The molecule has 0 aliphatic heterocycles. The molecule has 3 fully saturated rings. The molecule has 1 unspecified atom stereocenters. The van der Waals surface area contributed by atoms with Crippen molar-refractivity contribution in [3.05, 3.63) is 11.6 Å². The Labute approximate surface area is 140 Å². The average molecular weight is 316 g/mol. The van der Waals surface area contributed by atoms with E-state index in [-0.39, 0.29) is 10.8 Å². The molecule has 7 atom stereocenters. The second kappa shape index (κ2) is 4.71. The van der Waals surface area contributed by atoms with Gasteiger partial charge in [0.1, 0.15) is 0 Å². The molecule has 0 aromatic rings. The molecule has 0 saturated heterocycles. The van der Waals surface area contributed by atoms with Gasteiger partial charge in [-0.2, -0.15) is 0 Å². The highest BCUT2D eigenvalue weighted by Gasteiger charge is 2.63. The van der Waals surface area contributed by atoms with Gasteiger partial charge in [0.15, 0.2) is 5.78 Å². The zero-order valence-corrected chi connectivity index (χ0v) is 15.2. The van der Waals surface area contributed by atoms with Gasteiger partial charge in [-0.15, -0.1) is 0 Å². The number of fused-ring (bicyclic) bond motifs is 5. The zero-order valence-electron chi connectivity index (χ0n) is 15.2. The minimum atomic E-state index is -0.498. The Kier molecular flexibility index (Phi) is 3.25. The van der Waals surface area contributed by atoms with Crippen LogP contribution in [-0.2, 0) is 4.79 Å². The van der Waals surface area contributed by atoms with Crippen molar-refractivity contribution in [1.29, 1.82) is 0 Å². The molecule has 128 valence electrons. The Morgan fingerprint density at radius 2 is 1.78 bits per heavy atom. The van der Waals surface area contributed by atoms with Gasteiger partial charge in [-0.1, -0.05) is 26.3 Å². The molecule has 0 spiro atoms. The van der Waals surface area contributed by atoms with Gasteiger partial charge in [0.2, 0.25) is 0 Å². The molecule has 0 aromatic heterocycles. The monoisotopic (exact) mass is 316 g/mol. The molecule has 0 amide bonds. The van der Waals surface area contributed by atoms with Gasteiger partial charge in [-0.3, -0.25) is 4.79 Å². The SMILES string of the molecule is C[C@H]1CC2=CC(=O)CC[C@]2(C)[C@H]2CC[C@@]3(C)[C@@H](CC[C@]3(C)O)C12. The summed E-state index contributed by atoms with van der Waals surface area (Å²) in [5.41, 5.74) is 1.27. The molecular formula is C21H32O2. The van der Waals surface area contributed by atoms with Gasteiger partial charge >= 0.3 is 0 Å². The molecule has 4 aliphatic rings. The van der Waals surface area contributed by atoms with Gasteiger partial charge in [0.05, 0.1) is 5.60 Å². The van der Waals surface area contributed by atoms with Crippen LogP contribution in [0.2, 0.25) is 0 Å². The molecule has 4 aliphatic carbocycles. The first kappa shape index (κ1) is 15.9. The van der Waals surface area contributed by atoms with Crippen LogP contribution in [0.4, 0.5) is 0 Å². The van der Waals surface area contributed by atoms with Crippen LogP contribution in [0.3, 0.4) is 0 Å². The lowest BCUT2D eigenvalue weighted by Gasteiger charge is -2.60. The third-order valence-electron chi connectivity index (χ3n) is 8.87. The predicted octanol–water partition coefficient (Wildman–Crippen LogP) is 4.52. The molecule has 4 rings (SSSR count). The zero-order chi connectivity index (χ0) is 16.6. The Balaban J connectivity index is 1.74. The maximum Gasteiger partial charge on any atom is 0.155 e. The lowest BCUT2D eigenvalue weighted by atomic mass is 9.44. The smallest absolute Gasteiger partial charge is 0.155 e. The molecule has 23 heavy (non-hydrogen) atoms. The number of hydrogen-bond acceptors (Lipinski definition) is 2. The summed E-state index contributed by atoms with van der Waals surface area (Å²) in [6, 6.07) is 0. The highest BCUT2D eigenvalue weighted by atomic mass is 16.3. The van der Waals surface area contributed by atoms with Crippen molar-refractivity contribution >= 4 is 5.78 Å². The number of aliphatic hydroxyl groups is 1. The second-order valence-corrected chi connectivity index (χ2v) is 9.79. The number of carbonyl (C=O) groups is 1. The minimum Gasteiger partial charge on any atom is -0.390 e. The molecule has 0 heterocycles. The van der Waals surface area contributed by atoms with Crippen molar-refractivity contribution in [3.63, 3.8) is 0 Å². The average Bonchev–Trinajstić information content (AvgIpc) is 2.72. The highest BCUT2D eigenvalue weighted by molar-refractivity contribution is 5.91. The van der Waals surface area contributed by atoms with E-state index >= 15 is 0 Å². The van der Waals surface area contributed by atoms with E-state index in [2.05, 4.69) is 27.7 Å². The number of carbonyl (C=O) groups excluding carboxylic acids is 1. The molecule has 2 heteroatoms. The summed E-state index contributed by atoms with van der Waals surface area (Å²) in [6.07, 6.45) is 9.39. The van der Waals surface area contributed by atoms with Gasteiger partial charge < -0.3 is 5.11 Å². The molecule has 2 nitrogen and oxygen atoms in total. The van der Waals surface area contributed by atoms with Crippen molar-refractivity contribution < 1.29 is 9.90 Å². The van der Waals surface area contributed by atoms with Crippen LogP contribution in [0, 0.1) is 34.5 Å². The maximum atomic E-state index is 11.9. The topological polar surface area (TPSA) is 37.3 Å². The van der Waals surface area contributed by atoms with Crippen molar-refractivity contribution in [2.45, 2.75) is 78.2 Å². The van der Waals surface area contributed by atoms with Crippen molar-refractivity contribution in [2.24, 2.45) is 34.5 Å². The molecule has 3 saturated carbocycles. The van der Waals surface area contributed by atoms with Crippen LogP contribution in [-0.4, -0.2) is 16.5 Å². The van der Waals surface area contributed by atoms with Crippen LogP contribution >= 0.6 is 0 Å². The van der Waals surface area contributed by atoms with Crippen LogP contribution in [0.15, 0.2) is 11.6 Å². The second-order valence-electron chi connectivity index (χ2n) is 9.79. The van der Waals surface area contributed by atoms with Gasteiger partial charge in [0, 0.05) is 6.42 Å². The Morgan fingerprint density at radius 3 is 2.52 bits per heavy atom. The van der Waals surface area contributed by atoms with Crippen LogP contribution in [0.1, 0.15) is 72.6 Å². The van der Waals surface area contributed by atoms with Crippen molar-refractivity contribution in [3.8, 4) is 0 Å². The number of rotatable bonds is 0. The largest absolute Gasteiger partial charge is 0.390 e. The van der Waals surface area contributed by atoms with Gasteiger partial charge in [-0.05, 0) is 86.0 Å². The van der Waals surface area contributed by atoms with Crippen LogP contribution in [0.5, 0.6) is 0 Å². The summed E-state index contributed by atoms with van der Waals surface area (Å²) in [4.78, 5) is 11.9. The van der Waals surface area contributed by atoms with E-state index in [9.17, 15) is 9.90 Å². The molecular weight excluding hydrogens is 284 g/mol. The summed E-state index contributed by atoms with van der Waals surface area (Å²) in [6.45, 7) is 9.26. The van der Waals surface area contributed by atoms with Gasteiger partial charge in [-0.25, -0.2) is 0 Å². The fourth-order valence-electron chi connectivity index (χ4n) is 7.15. The Hall–Kier alpha value is -0.630. The molecule has 0 radical (unpaired) electrons. The Bertz CT molecular complexity index is 574. The third-order valence-corrected chi connectivity index (χ3v) is 8.87. The van der Waals surface area contributed by atoms with E-state index in [0.29, 0.717) is 23.5 Å². The van der Waals surface area contributed by atoms with Crippen LogP contribution in [0.25, 0.3) is 0 Å². The lowest BCUT2D eigenvalue weighted by Crippen LogP contribution is -2.55. The summed E-state index contributed by atoms with van der Waals surface area (Å²) in [5.74, 6) is 3.06. The standard InChI is InChI=1S/C21H32O2/c1-13-11-14-12-15(22)5-8-19(14,2)16-6-9-20(3)17(18(13)16)7-10-21(20,4)23/h12-13,16-18,23H,5-11H2,1-4H3/t13-,16-,17-,18?,19-,20-,21-/m0/s1. The summed E-state index contributed by atoms with van der Waals surface area (Å²) < 4.78 is 0. The quantitative estimate of drug-likeness (QED) is 0.713. The van der Waals surface area contributed by atoms with Crippen molar-refractivity contribution in [1.82, 2.24) is 0 Å². The van der Waals surface area contributed by atoms with E-state index < -0.39 is 5.60 Å². The van der Waals surface area contributed by atoms with E-state index in [1.165, 1.54) is 18.4 Å². The molecule has 0 aromatic carbocycles. The van der Waals surface area contributed by atoms with Crippen molar-refractivity contribution in [2.75, 3.05) is 0 Å². The normalized spacial score (nSPS) is 55.7. The lowest BCUT2D eigenvalue weighted by molar-refractivity contribution is -0.132. The molecule has 1 N–H and O–H groups in total. The fraction of sp³-hybridized carbons (Fsp3) is 0.857. The van der Waals surface area contributed by atoms with Gasteiger partial charge in [0.25, 0.3) is 0 Å². The minimum absolute atomic E-state index is 0.0878. The first-order valence-electron chi connectivity index (χ1n) is 9.65. The number of ketones is 1. The first-order chi connectivity index (χ1) is 10.7. The van der Waals surface area contributed by atoms with Crippen LogP contribution < -0.4 is 0 Å². The molecule has 0 bridgehead atoms. The predicted molar refractivity (Wildman–Crippen MR) is 91.9 cm³/mol. The highest BCUT2D eigenvalue weighted by Crippen LogP contribution is 2.68. The summed E-state index contributed by atoms with van der Waals surface area (Å²) >= 11 is 0. The van der Waals surface area contributed by atoms with E-state index in [1.54, 1.807) is 0 Å². The number of allylic oxidation sites excluding steroid dienone is 1. The van der Waals surface area contributed by atoms with E-state index in [4.69, 9.17) is 0 Å². The van der Waals surface area contributed by atoms with E-state index in [0.717, 1.165) is 38.0 Å². The van der Waals surface area contributed by atoms with E-state index in [1.807, 2.05) is 6.08 Å². The Morgan fingerprint density at radius 1 is 1.09 bits per heavy atom. The number of hydrogen-bond donors (Lipinski definition) is 1. The fourth-order valence-corrected chi connectivity index (χ4v) is 7.15. The maximum absolute atomic E-state index is 11.9. The summed E-state index contributed by atoms with van der Waals surface area (Å²) in [7, 11) is 0. The first-order valence-corrected chi connectivity index (χ1v) is 9.65. The summed E-state index contributed by atoms with van der Waals surface area (Å²) in [5, 5.41) is 11.0.